The predicted octanol–water partition coefficient (Wildman–Crippen LogP) is 2.23. The van der Waals surface area contributed by atoms with Gasteiger partial charge in [0.05, 0.1) is 0 Å². The molecule has 8 heteroatoms. The molecule has 1 aliphatic heterocycles. The molecular weight excluding hydrogens is 430 g/mol. The smallest absolute Gasteiger partial charge is 0.291 e. The van der Waals surface area contributed by atoms with Crippen LogP contribution in [0.1, 0.15) is 54.8 Å². The number of fused-ring (bicyclic) bond motifs is 1. The summed E-state index contributed by atoms with van der Waals surface area (Å²) in [6.07, 6.45) is 1.42. The summed E-state index contributed by atoms with van der Waals surface area (Å²) in [5.41, 5.74) is 2.00. The van der Waals surface area contributed by atoms with Crippen molar-refractivity contribution in [2.24, 2.45) is 0 Å². The normalized spacial score (nSPS) is 16.1. The van der Waals surface area contributed by atoms with Crippen molar-refractivity contribution < 1.29 is 16.1 Å². The van der Waals surface area contributed by atoms with Gasteiger partial charge in [0.1, 0.15) is 17.5 Å². The molecule has 0 aliphatic carbocycles. The standard InChI is InChI=1S/C26H27N5O3/c1-26(2,34)14-13-18-9-10-19-11-12-20(25(33)31(3)21(19)15-18)27-24(32)23-28-22(29-30-23)16-17-7-5-4-6-8-17/h4-10,15,20,34H,11-12,16H2,1-3H3,(H,27,32)(H,28,29,30)/i3D. The first-order chi connectivity index (χ1) is 16.7. The molecule has 34 heavy (non-hydrogen) atoms. The maximum atomic E-state index is 13.2. The third kappa shape index (κ3) is 5.50. The molecule has 2 amide bonds. The first-order valence-electron chi connectivity index (χ1n) is 11.7. The molecule has 0 saturated carbocycles. The summed E-state index contributed by atoms with van der Waals surface area (Å²) in [5.74, 6) is 5.26. The molecule has 8 nitrogen and oxygen atoms in total. The van der Waals surface area contributed by atoms with Crippen LogP contribution in [0.15, 0.2) is 48.5 Å². The molecule has 1 aromatic heterocycles. The third-order valence-corrected chi connectivity index (χ3v) is 5.41. The van der Waals surface area contributed by atoms with E-state index in [1.54, 1.807) is 19.9 Å². The summed E-state index contributed by atoms with van der Waals surface area (Å²) >= 11 is 0. The molecule has 0 saturated heterocycles. The van der Waals surface area contributed by atoms with Crippen molar-refractivity contribution in [1.29, 1.82) is 0 Å². The topological polar surface area (TPSA) is 111 Å². The Morgan fingerprint density at radius 3 is 2.85 bits per heavy atom. The second-order valence-corrected chi connectivity index (χ2v) is 8.75. The molecule has 0 spiro atoms. The van der Waals surface area contributed by atoms with Crippen LogP contribution in [-0.4, -0.2) is 50.8 Å². The summed E-state index contributed by atoms with van der Waals surface area (Å²) in [7, 11) is -0.303. The van der Waals surface area contributed by atoms with Crippen LogP contribution in [0.25, 0.3) is 0 Å². The number of carbonyl (C=O) groups is 2. The fourth-order valence-electron chi connectivity index (χ4n) is 3.68. The Morgan fingerprint density at radius 1 is 1.32 bits per heavy atom. The minimum absolute atomic E-state index is 0.0351. The molecule has 1 atom stereocenters. The van der Waals surface area contributed by atoms with E-state index in [0.717, 1.165) is 11.1 Å². The number of likely N-dealkylation sites (N-methyl/N-ethyl adjacent to an activating group) is 1. The summed E-state index contributed by atoms with van der Waals surface area (Å²) in [6, 6.07) is 14.3. The van der Waals surface area contributed by atoms with E-state index >= 15 is 0 Å². The van der Waals surface area contributed by atoms with Gasteiger partial charge in [-0.2, -0.15) is 0 Å². The van der Waals surface area contributed by atoms with E-state index in [2.05, 4.69) is 32.3 Å². The molecule has 2 aromatic carbocycles. The van der Waals surface area contributed by atoms with Crippen LogP contribution in [-0.2, 0) is 17.6 Å². The molecule has 174 valence electrons. The molecule has 4 rings (SSSR count). The average molecular weight is 459 g/mol. The average Bonchev–Trinajstić information content (AvgIpc) is 3.25. The maximum absolute atomic E-state index is 13.2. The highest BCUT2D eigenvalue weighted by molar-refractivity contribution is 6.02. The lowest BCUT2D eigenvalue weighted by Crippen LogP contribution is -2.47. The SMILES string of the molecule is [2H]CN1C(=O)C(NC(=O)c2n[nH]c(Cc3ccccc3)n2)CCc2ccc(C#CC(C)(C)O)cc21. The number of carbonyl (C=O) groups excluding carboxylic acids is 2. The van der Waals surface area contributed by atoms with Gasteiger partial charge in [-0.15, -0.1) is 5.10 Å². The summed E-state index contributed by atoms with van der Waals surface area (Å²) in [4.78, 5) is 31.7. The molecule has 2 heterocycles. The number of aromatic amines is 1. The summed E-state index contributed by atoms with van der Waals surface area (Å²) in [5, 5.41) is 19.4. The van der Waals surface area contributed by atoms with Crippen LogP contribution in [0.5, 0.6) is 0 Å². The number of H-pyrrole nitrogens is 1. The second-order valence-electron chi connectivity index (χ2n) is 8.75. The molecule has 3 N–H and O–H groups in total. The molecule has 0 fully saturated rings. The van der Waals surface area contributed by atoms with Gasteiger partial charge in [0.2, 0.25) is 11.7 Å². The van der Waals surface area contributed by atoms with E-state index in [4.69, 9.17) is 1.37 Å². The number of aliphatic hydroxyl groups is 1. The number of anilines is 1. The van der Waals surface area contributed by atoms with Gasteiger partial charge in [-0.25, -0.2) is 4.98 Å². The highest BCUT2D eigenvalue weighted by Gasteiger charge is 2.30. The molecule has 1 unspecified atom stereocenters. The highest BCUT2D eigenvalue weighted by Crippen LogP contribution is 2.27. The number of amides is 2. The van der Waals surface area contributed by atoms with Crippen LogP contribution in [0.2, 0.25) is 0 Å². The van der Waals surface area contributed by atoms with E-state index in [0.29, 0.717) is 36.3 Å². The van der Waals surface area contributed by atoms with Crippen molar-refractivity contribution in [3.63, 3.8) is 0 Å². The van der Waals surface area contributed by atoms with E-state index in [1.807, 2.05) is 42.5 Å². The Morgan fingerprint density at radius 2 is 2.12 bits per heavy atom. The van der Waals surface area contributed by atoms with Crippen molar-refractivity contribution in [3.8, 4) is 11.8 Å². The number of hydrogen-bond acceptors (Lipinski definition) is 5. The minimum atomic E-state index is -1.14. The van der Waals surface area contributed by atoms with Crippen LogP contribution in [0, 0.1) is 11.8 Å². The van der Waals surface area contributed by atoms with Gasteiger partial charge in [0.15, 0.2) is 0 Å². The molecular formula is C26H27N5O3. The van der Waals surface area contributed by atoms with Gasteiger partial charge in [-0.1, -0.05) is 48.2 Å². The molecule has 0 radical (unpaired) electrons. The van der Waals surface area contributed by atoms with Gasteiger partial charge in [0.25, 0.3) is 5.91 Å². The lowest BCUT2D eigenvalue weighted by molar-refractivity contribution is -0.120. The number of hydrogen-bond donors (Lipinski definition) is 3. The van der Waals surface area contributed by atoms with E-state index in [-0.39, 0.29) is 18.8 Å². The number of nitrogens with zero attached hydrogens (tertiary/aromatic N) is 3. The quantitative estimate of drug-likeness (QED) is 0.519. The predicted molar refractivity (Wildman–Crippen MR) is 128 cm³/mol. The van der Waals surface area contributed by atoms with Crippen LogP contribution in [0.3, 0.4) is 0 Å². The van der Waals surface area contributed by atoms with Gasteiger partial charge in [-0.3, -0.25) is 14.7 Å². The fraction of sp³-hybridized carbons (Fsp3) is 0.308. The summed E-state index contributed by atoms with van der Waals surface area (Å²) < 4.78 is 7.96. The fourth-order valence-corrected chi connectivity index (χ4v) is 3.68. The van der Waals surface area contributed by atoms with Gasteiger partial charge >= 0.3 is 0 Å². The van der Waals surface area contributed by atoms with Gasteiger partial charge in [0, 0.05) is 26.1 Å². The Bertz CT molecular complexity index is 1290. The Kier molecular flexibility index (Phi) is 6.11. The number of nitrogens with one attached hydrogen (secondary N) is 2. The molecule has 0 bridgehead atoms. The van der Waals surface area contributed by atoms with Crippen LogP contribution < -0.4 is 10.2 Å². The summed E-state index contributed by atoms with van der Waals surface area (Å²) in [6.45, 7) is 3.18. The number of aryl methyl sites for hydroxylation is 1. The van der Waals surface area contributed by atoms with Crippen molar-refractivity contribution in [2.75, 3.05) is 11.9 Å². The highest BCUT2D eigenvalue weighted by atomic mass is 16.3. The maximum Gasteiger partial charge on any atom is 0.291 e. The molecule has 3 aromatic rings. The van der Waals surface area contributed by atoms with Crippen LogP contribution >= 0.6 is 0 Å². The van der Waals surface area contributed by atoms with E-state index in [1.165, 1.54) is 4.90 Å². The Labute approximate surface area is 199 Å². The van der Waals surface area contributed by atoms with Crippen molar-refractivity contribution in [3.05, 3.63) is 76.9 Å². The van der Waals surface area contributed by atoms with Crippen molar-refractivity contribution in [1.82, 2.24) is 20.5 Å². The van der Waals surface area contributed by atoms with Gasteiger partial charge in [-0.05, 0) is 49.9 Å². The monoisotopic (exact) mass is 458 g/mol. The number of aromatic nitrogens is 3. The first kappa shape index (κ1) is 21.9. The van der Waals surface area contributed by atoms with Crippen molar-refractivity contribution in [2.45, 2.75) is 44.8 Å². The zero-order valence-electron chi connectivity index (χ0n) is 20.1. The number of benzene rings is 2. The van der Waals surface area contributed by atoms with Crippen molar-refractivity contribution >= 4 is 17.5 Å². The lowest BCUT2D eigenvalue weighted by Gasteiger charge is -2.22. The first-order valence-corrected chi connectivity index (χ1v) is 11.0. The zero-order valence-corrected chi connectivity index (χ0v) is 19.1. The Hall–Kier alpha value is -3.96. The Balaban J connectivity index is 1.49. The lowest BCUT2D eigenvalue weighted by atomic mass is 10.0. The van der Waals surface area contributed by atoms with Crippen LogP contribution in [0.4, 0.5) is 5.69 Å². The number of rotatable bonds is 4. The van der Waals surface area contributed by atoms with E-state index in [9.17, 15) is 14.7 Å². The second kappa shape index (κ2) is 9.49. The van der Waals surface area contributed by atoms with Gasteiger partial charge < -0.3 is 15.3 Å². The largest absolute Gasteiger partial charge is 0.378 e. The minimum Gasteiger partial charge on any atom is -0.378 e. The molecule has 1 aliphatic rings. The third-order valence-electron chi connectivity index (χ3n) is 5.41. The van der Waals surface area contributed by atoms with E-state index < -0.39 is 17.6 Å². The zero-order chi connectivity index (χ0) is 25.0.